The number of carbonyl (C=O) groups excluding carboxylic acids is 5. The molecule has 0 aliphatic carbocycles. The lowest BCUT2D eigenvalue weighted by Crippen LogP contribution is -2.35. The highest BCUT2D eigenvalue weighted by molar-refractivity contribution is 5.77. The van der Waals surface area contributed by atoms with E-state index in [1.54, 1.807) is 13.0 Å². The highest BCUT2D eigenvalue weighted by atomic mass is 16.7. The van der Waals surface area contributed by atoms with E-state index in [2.05, 4.69) is 0 Å². The van der Waals surface area contributed by atoms with Crippen molar-refractivity contribution in [3.05, 3.63) is 41.5 Å². The number of fused-ring (bicyclic) bond motifs is 1. The smallest absolute Gasteiger partial charge is 0.481 e. The zero-order valence-corrected chi connectivity index (χ0v) is 27.0. The fourth-order valence-corrected chi connectivity index (χ4v) is 4.63. The van der Waals surface area contributed by atoms with Gasteiger partial charge in [-0.25, -0.2) is 4.79 Å². The summed E-state index contributed by atoms with van der Waals surface area (Å²) in [6.45, 7) is 9.05. The van der Waals surface area contributed by atoms with Crippen LogP contribution in [0.4, 0.5) is 4.79 Å². The van der Waals surface area contributed by atoms with E-state index < -0.39 is 42.2 Å². The Labute approximate surface area is 268 Å². The molecule has 0 fully saturated rings. The van der Waals surface area contributed by atoms with Crippen LogP contribution in [-0.2, 0) is 35.1 Å². The summed E-state index contributed by atoms with van der Waals surface area (Å²) < 4.78 is 39.2. The minimum Gasteiger partial charge on any atom is -0.481 e. The van der Waals surface area contributed by atoms with Gasteiger partial charge >= 0.3 is 30.0 Å². The van der Waals surface area contributed by atoms with Crippen LogP contribution in [0, 0.1) is 0 Å². The molecule has 250 valence electrons. The van der Waals surface area contributed by atoms with Gasteiger partial charge in [0.1, 0.15) is 23.4 Å². The van der Waals surface area contributed by atoms with Crippen LogP contribution in [0.3, 0.4) is 0 Å². The van der Waals surface area contributed by atoms with E-state index in [9.17, 15) is 24.0 Å². The zero-order valence-electron chi connectivity index (χ0n) is 27.0. The van der Waals surface area contributed by atoms with E-state index in [1.807, 2.05) is 27.7 Å². The van der Waals surface area contributed by atoms with E-state index >= 15 is 0 Å². The first kappa shape index (κ1) is 35.9. The molecule has 0 aromatic heterocycles. The standard InChI is InChI=1S/C34H42O12/c1-6-11-29(35)42-24-16-15-21(17-27(24)44-31(37)13-8-3)33-28(45-32(38)14-9-4)20-23-25(43-30(36)12-7-2)18-22(19-26(23)46-33)41-34(39)40-10-5/h15-19,28,33H,6-14,20H2,1-5H3/t28-,33-/m1/s1. The highest BCUT2D eigenvalue weighted by Crippen LogP contribution is 2.45. The Bertz CT molecular complexity index is 1400. The molecular weight excluding hydrogens is 600 g/mol. The summed E-state index contributed by atoms with van der Waals surface area (Å²) in [6.07, 6.45) is 0.0845. The molecular formula is C34H42O12. The first-order chi connectivity index (χ1) is 22.1. The van der Waals surface area contributed by atoms with Crippen LogP contribution in [-0.4, -0.2) is 42.7 Å². The lowest BCUT2D eigenvalue weighted by molar-refractivity contribution is -0.155. The summed E-state index contributed by atoms with van der Waals surface area (Å²) in [7, 11) is 0. The number of hydrogen-bond donors (Lipinski definition) is 0. The van der Waals surface area contributed by atoms with Crippen molar-refractivity contribution in [2.75, 3.05) is 6.61 Å². The Balaban J connectivity index is 2.11. The quantitative estimate of drug-likeness (QED) is 0.115. The predicted molar refractivity (Wildman–Crippen MR) is 164 cm³/mol. The molecule has 12 heteroatoms. The topological polar surface area (TPSA) is 150 Å². The van der Waals surface area contributed by atoms with Crippen molar-refractivity contribution in [3.63, 3.8) is 0 Å². The third-order valence-corrected chi connectivity index (χ3v) is 6.67. The van der Waals surface area contributed by atoms with Gasteiger partial charge in [-0.05, 0) is 44.7 Å². The summed E-state index contributed by atoms with van der Waals surface area (Å²) in [6, 6.07) is 7.43. The van der Waals surface area contributed by atoms with Crippen LogP contribution in [0.5, 0.6) is 28.7 Å². The highest BCUT2D eigenvalue weighted by Gasteiger charge is 2.37. The van der Waals surface area contributed by atoms with Crippen molar-refractivity contribution in [1.82, 2.24) is 0 Å². The monoisotopic (exact) mass is 642 g/mol. The Morgan fingerprint density at radius 2 is 1.24 bits per heavy atom. The normalized spacial score (nSPS) is 15.1. The Morgan fingerprint density at radius 1 is 0.674 bits per heavy atom. The van der Waals surface area contributed by atoms with E-state index in [1.165, 1.54) is 24.3 Å². The second-order valence-corrected chi connectivity index (χ2v) is 10.6. The van der Waals surface area contributed by atoms with Gasteiger partial charge in [0, 0.05) is 55.4 Å². The molecule has 0 bridgehead atoms. The predicted octanol–water partition coefficient (Wildman–Crippen LogP) is 6.73. The fraction of sp³-hybridized carbons (Fsp3) is 0.500. The van der Waals surface area contributed by atoms with Crippen LogP contribution >= 0.6 is 0 Å². The van der Waals surface area contributed by atoms with E-state index in [0.29, 0.717) is 36.8 Å². The Hall–Kier alpha value is -4.61. The lowest BCUT2D eigenvalue weighted by atomic mass is 9.93. The van der Waals surface area contributed by atoms with Gasteiger partial charge in [-0.3, -0.25) is 19.2 Å². The summed E-state index contributed by atoms with van der Waals surface area (Å²) in [5, 5.41) is 0. The molecule has 0 N–H and O–H groups in total. The molecule has 0 spiro atoms. The third kappa shape index (κ3) is 10.2. The second kappa shape index (κ2) is 17.8. The lowest BCUT2D eigenvalue weighted by Gasteiger charge is -2.34. The van der Waals surface area contributed by atoms with Gasteiger partial charge in [-0.15, -0.1) is 0 Å². The van der Waals surface area contributed by atoms with Crippen LogP contribution in [0.1, 0.15) is 103 Å². The van der Waals surface area contributed by atoms with Crippen molar-refractivity contribution in [3.8, 4) is 28.7 Å². The second-order valence-electron chi connectivity index (χ2n) is 10.6. The first-order valence-corrected chi connectivity index (χ1v) is 15.8. The molecule has 0 unspecified atom stereocenters. The van der Waals surface area contributed by atoms with Crippen molar-refractivity contribution in [2.45, 2.75) is 105 Å². The average molecular weight is 643 g/mol. The summed E-state index contributed by atoms with van der Waals surface area (Å²) in [4.78, 5) is 62.2. The van der Waals surface area contributed by atoms with Crippen LogP contribution in [0.2, 0.25) is 0 Å². The number of hydrogen-bond acceptors (Lipinski definition) is 12. The summed E-state index contributed by atoms with van der Waals surface area (Å²) >= 11 is 0. The van der Waals surface area contributed by atoms with Crippen molar-refractivity contribution >= 4 is 30.0 Å². The van der Waals surface area contributed by atoms with Crippen molar-refractivity contribution in [1.29, 1.82) is 0 Å². The maximum absolute atomic E-state index is 12.7. The SMILES string of the molecule is CCCC(=O)Oc1ccc([C@H]2Oc3cc(OC(=O)OCC)cc(OC(=O)CCC)c3C[C@H]2OC(=O)CCC)cc1OC(=O)CCC. The third-order valence-electron chi connectivity index (χ3n) is 6.67. The van der Waals surface area contributed by atoms with Gasteiger partial charge in [-0.1, -0.05) is 33.8 Å². The molecule has 3 rings (SSSR count). The molecule has 0 saturated carbocycles. The number of esters is 4. The summed E-state index contributed by atoms with van der Waals surface area (Å²) in [5.41, 5.74) is 0.863. The molecule has 0 radical (unpaired) electrons. The molecule has 1 heterocycles. The van der Waals surface area contributed by atoms with E-state index in [-0.39, 0.29) is 67.5 Å². The van der Waals surface area contributed by atoms with Crippen molar-refractivity contribution in [2.24, 2.45) is 0 Å². The number of benzene rings is 2. The van der Waals surface area contributed by atoms with Gasteiger partial charge in [0.15, 0.2) is 17.6 Å². The molecule has 1 aliphatic rings. The van der Waals surface area contributed by atoms with Gasteiger partial charge < -0.3 is 33.2 Å². The van der Waals surface area contributed by atoms with Gasteiger partial charge in [0.05, 0.1) is 6.61 Å². The number of carbonyl (C=O) groups is 5. The minimum absolute atomic E-state index is 0.00187. The van der Waals surface area contributed by atoms with E-state index in [0.717, 1.165) is 0 Å². The van der Waals surface area contributed by atoms with Crippen LogP contribution in [0.15, 0.2) is 30.3 Å². The molecule has 0 amide bonds. The molecule has 2 atom stereocenters. The van der Waals surface area contributed by atoms with Crippen molar-refractivity contribution < 1.29 is 57.1 Å². The maximum atomic E-state index is 12.7. The summed E-state index contributed by atoms with van der Waals surface area (Å²) in [5.74, 6) is -1.63. The van der Waals surface area contributed by atoms with Crippen LogP contribution in [0.25, 0.3) is 0 Å². The molecule has 2 aromatic carbocycles. The Kier molecular flexibility index (Phi) is 13.9. The molecule has 12 nitrogen and oxygen atoms in total. The van der Waals surface area contributed by atoms with Crippen LogP contribution < -0.4 is 23.7 Å². The molecule has 1 aliphatic heterocycles. The van der Waals surface area contributed by atoms with Gasteiger partial charge in [0.2, 0.25) is 0 Å². The number of rotatable bonds is 15. The van der Waals surface area contributed by atoms with E-state index in [4.69, 9.17) is 33.2 Å². The van der Waals surface area contributed by atoms with Gasteiger partial charge in [0.25, 0.3) is 0 Å². The average Bonchev–Trinajstić information content (AvgIpc) is 2.98. The van der Waals surface area contributed by atoms with Gasteiger partial charge in [-0.2, -0.15) is 0 Å². The zero-order chi connectivity index (χ0) is 33.6. The molecule has 2 aromatic rings. The fourth-order valence-electron chi connectivity index (χ4n) is 4.63. The first-order valence-electron chi connectivity index (χ1n) is 15.8. The maximum Gasteiger partial charge on any atom is 0.513 e. The molecule has 46 heavy (non-hydrogen) atoms. The Morgan fingerprint density at radius 3 is 1.83 bits per heavy atom. The largest absolute Gasteiger partial charge is 0.513 e. The minimum atomic E-state index is -0.959. The number of ether oxygens (including phenoxy) is 7. The molecule has 0 saturated heterocycles.